The molecule has 0 amide bonds. The third-order valence-corrected chi connectivity index (χ3v) is 6.06. The molecule has 1 fully saturated rings. The van der Waals surface area contributed by atoms with Gasteiger partial charge in [0.05, 0.1) is 5.25 Å². The Labute approximate surface area is 99.2 Å². The first kappa shape index (κ1) is 13.9. The van der Waals surface area contributed by atoms with E-state index in [2.05, 4.69) is 6.92 Å². The zero-order chi connectivity index (χ0) is 12.3. The van der Waals surface area contributed by atoms with Crippen molar-refractivity contribution >= 4 is 10.0 Å². The van der Waals surface area contributed by atoms with Crippen LogP contribution in [-0.4, -0.2) is 37.6 Å². The zero-order valence-corrected chi connectivity index (χ0v) is 11.3. The molecule has 0 aromatic rings. The minimum Gasteiger partial charge on any atom is -0.329 e. The minimum atomic E-state index is -3.21. The van der Waals surface area contributed by atoms with Gasteiger partial charge in [-0.25, -0.2) is 12.7 Å². The van der Waals surface area contributed by atoms with Gasteiger partial charge in [0.25, 0.3) is 0 Å². The standard InChI is InChI=1S/C11H24N2O2S/c1-9-6-4-5-7-11(9)13(3)16(14,15)10(2)8-12/h9-11H,4-8,12H2,1-3H3. The maximum absolute atomic E-state index is 12.2. The van der Waals surface area contributed by atoms with Crippen LogP contribution in [0.1, 0.15) is 39.5 Å². The minimum absolute atomic E-state index is 0.160. The van der Waals surface area contributed by atoms with Crippen molar-refractivity contribution in [2.24, 2.45) is 11.7 Å². The van der Waals surface area contributed by atoms with Gasteiger partial charge in [0, 0.05) is 19.6 Å². The van der Waals surface area contributed by atoms with Gasteiger partial charge in [-0.3, -0.25) is 0 Å². The number of nitrogens with two attached hydrogens (primary N) is 1. The van der Waals surface area contributed by atoms with Crippen molar-refractivity contribution in [2.75, 3.05) is 13.6 Å². The quantitative estimate of drug-likeness (QED) is 0.812. The first-order valence-corrected chi connectivity index (χ1v) is 7.58. The van der Waals surface area contributed by atoms with Crippen molar-refractivity contribution in [2.45, 2.75) is 50.8 Å². The SMILES string of the molecule is CC1CCCCC1N(C)S(=O)(=O)C(C)CN. The summed E-state index contributed by atoms with van der Waals surface area (Å²) < 4.78 is 25.9. The van der Waals surface area contributed by atoms with Crippen LogP contribution >= 0.6 is 0 Å². The molecule has 3 atom stereocenters. The molecule has 16 heavy (non-hydrogen) atoms. The summed E-state index contributed by atoms with van der Waals surface area (Å²) in [4.78, 5) is 0. The lowest BCUT2D eigenvalue weighted by Gasteiger charge is -2.36. The second kappa shape index (κ2) is 5.47. The van der Waals surface area contributed by atoms with Crippen molar-refractivity contribution in [3.05, 3.63) is 0 Å². The van der Waals surface area contributed by atoms with Crippen LogP contribution in [0.15, 0.2) is 0 Å². The fourth-order valence-corrected chi connectivity index (χ4v) is 3.93. The molecule has 0 spiro atoms. The largest absolute Gasteiger partial charge is 0.329 e. The van der Waals surface area contributed by atoms with Crippen LogP contribution in [0.2, 0.25) is 0 Å². The van der Waals surface area contributed by atoms with Crippen molar-refractivity contribution in [1.82, 2.24) is 4.31 Å². The molecule has 2 N–H and O–H groups in total. The number of hydrogen-bond acceptors (Lipinski definition) is 3. The van der Waals surface area contributed by atoms with Gasteiger partial charge in [-0.15, -0.1) is 0 Å². The zero-order valence-electron chi connectivity index (χ0n) is 10.5. The van der Waals surface area contributed by atoms with Gasteiger partial charge in [-0.05, 0) is 25.7 Å². The van der Waals surface area contributed by atoms with Gasteiger partial charge in [-0.1, -0.05) is 19.8 Å². The summed E-state index contributed by atoms with van der Waals surface area (Å²) in [6, 6.07) is 0.160. The molecular formula is C11H24N2O2S. The van der Waals surface area contributed by atoms with E-state index < -0.39 is 15.3 Å². The predicted molar refractivity (Wildman–Crippen MR) is 66.6 cm³/mol. The molecule has 1 rings (SSSR count). The van der Waals surface area contributed by atoms with Crippen LogP contribution in [0.3, 0.4) is 0 Å². The lowest BCUT2D eigenvalue weighted by atomic mass is 9.86. The van der Waals surface area contributed by atoms with Crippen LogP contribution < -0.4 is 5.73 Å². The van der Waals surface area contributed by atoms with E-state index in [1.165, 1.54) is 6.42 Å². The number of rotatable bonds is 4. The van der Waals surface area contributed by atoms with Crippen molar-refractivity contribution in [3.63, 3.8) is 0 Å². The molecule has 96 valence electrons. The van der Waals surface area contributed by atoms with Crippen molar-refractivity contribution in [1.29, 1.82) is 0 Å². The highest BCUT2D eigenvalue weighted by Crippen LogP contribution is 2.29. The third kappa shape index (κ3) is 2.76. The monoisotopic (exact) mass is 248 g/mol. The number of sulfonamides is 1. The van der Waals surface area contributed by atoms with E-state index >= 15 is 0 Å². The first-order valence-electron chi connectivity index (χ1n) is 6.08. The molecule has 0 aliphatic heterocycles. The van der Waals surface area contributed by atoms with Crippen molar-refractivity contribution < 1.29 is 8.42 Å². The van der Waals surface area contributed by atoms with E-state index in [0.717, 1.165) is 19.3 Å². The van der Waals surface area contributed by atoms with Gasteiger partial charge in [0.2, 0.25) is 10.0 Å². The Morgan fingerprint density at radius 2 is 1.94 bits per heavy atom. The van der Waals surface area contributed by atoms with E-state index in [-0.39, 0.29) is 12.6 Å². The molecule has 0 bridgehead atoms. The van der Waals surface area contributed by atoms with E-state index in [4.69, 9.17) is 5.73 Å². The Bertz CT molecular complexity index is 316. The van der Waals surface area contributed by atoms with Crippen molar-refractivity contribution in [3.8, 4) is 0 Å². The van der Waals surface area contributed by atoms with Crippen LogP contribution in [0.25, 0.3) is 0 Å². The summed E-state index contributed by atoms with van der Waals surface area (Å²) in [6.07, 6.45) is 4.46. The number of hydrogen-bond donors (Lipinski definition) is 1. The lowest BCUT2D eigenvalue weighted by Crippen LogP contribution is -2.47. The molecule has 1 aliphatic rings. The summed E-state index contributed by atoms with van der Waals surface area (Å²) in [5, 5.41) is -0.480. The average molecular weight is 248 g/mol. The summed E-state index contributed by atoms with van der Waals surface area (Å²) >= 11 is 0. The van der Waals surface area contributed by atoms with Gasteiger partial charge >= 0.3 is 0 Å². The van der Waals surface area contributed by atoms with Crippen LogP contribution in [-0.2, 0) is 10.0 Å². The predicted octanol–water partition coefficient (Wildman–Crippen LogP) is 1.17. The third-order valence-electron chi connectivity index (χ3n) is 3.78. The van der Waals surface area contributed by atoms with E-state index in [0.29, 0.717) is 5.92 Å². The molecular weight excluding hydrogens is 224 g/mol. The van der Waals surface area contributed by atoms with Gasteiger partial charge < -0.3 is 5.73 Å². The molecule has 0 saturated heterocycles. The summed E-state index contributed by atoms with van der Waals surface area (Å²) in [5.41, 5.74) is 5.45. The Kier molecular flexibility index (Phi) is 4.76. The Morgan fingerprint density at radius 1 is 1.38 bits per heavy atom. The smallest absolute Gasteiger partial charge is 0.217 e. The molecule has 0 heterocycles. The van der Waals surface area contributed by atoms with Crippen LogP contribution in [0.5, 0.6) is 0 Å². The van der Waals surface area contributed by atoms with Gasteiger partial charge in [-0.2, -0.15) is 0 Å². The molecule has 1 aliphatic carbocycles. The fourth-order valence-electron chi connectivity index (χ4n) is 2.43. The Hall–Kier alpha value is -0.130. The van der Waals surface area contributed by atoms with E-state index in [9.17, 15) is 8.42 Å². The molecule has 5 heteroatoms. The molecule has 4 nitrogen and oxygen atoms in total. The maximum Gasteiger partial charge on any atom is 0.217 e. The highest BCUT2D eigenvalue weighted by molar-refractivity contribution is 7.89. The van der Waals surface area contributed by atoms with Gasteiger partial charge in [0.1, 0.15) is 0 Å². The summed E-state index contributed by atoms with van der Waals surface area (Å²) in [7, 11) is -1.51. The molecule has 0 aromatic carbocycles. The Morgan fingerprint density at radius 3 is 2.44 bits per heavy atom. The molecule has 0 radical (unpaired) electrons. The first-order chi connectivity index (χ1) is 7.41. The maximum atomic E-state index is 12.2. The second-order valence-electron chi connectivity index (χ2n) is 4.94. The summed E-state index contributed by atoms with van der Waals surface area (Å²) in [5.74, 6) is 0.457. The summed E-state index contributed by atoms with van der Waals surface area (Å²) in [6.45, 7) is 4.01. The lowest BCUT2D eigenvalue weighted by molar-refractivity contribution is 0.212. The molecule has 1 saturated carbocycles. The molecule has 3 unspecified atom stereocenters. The van der Waals surface area contributed by atoms with E-state index in [1.54, 1.807) is 18.3 Å². The average Bonchev–Trinajstić information content (AvgIpc) is 2.27. The Balaban J connectivity index is 2.79. The molecule has 0 aromatic heterocycles. The van der Waals surface area contributed by atoms with Crippen LogP contribution in [0, 0.1) is 5.92 Å². The highest BCUT2D eigenvalue weighted by atomic mass is 32.2. The topological polar surface area (TPSA) is 63.4 Å². The highest BCUT2D eigenvalue weighted by Gasteiger charge is 2.34. The van der Waals surface area contributed by atoms with Gasteiger partial charge in [0.15, 0.2) is 0 Å². The van der Waals surface area contributed by atoms with Crippen LogP contribution in [0.4, 0.5) is 0 Å². The number of nitrogens with zero attached hydrogens (tertiary/aromatic N) is 1. The fraction of sp³-hybridized carbons (Fsp3) is 1.00. The second-order valence-corrected chi connectivity index (χ2v) is 7.35. The normalized spacial score (nSPS) is 29.3. The van der Waals surface area contributed by atoms with E-state index in [1.807, 2.05) is 0 Å².